The van der Waals surface area contributed by atoms with Crippen LogP contribution in [-0.2, 0) is 13.6 Å². The second-order valence-electron chi connectivity index (χ2n) is 7.58. The van der Waals surface area contributed by atoms with Gasteiger partial charge in [0.05, 0.1) is 34.6 Å². The molecule has 11 heteroatoms. The van der Waals surface area contributed by atoms with Gasteiger partial charge in [-0.1, -0.05) is 44.4 Å². The molecule has 0 radical (unpaired) electrons. The van der Waals surface area contributed by atoms with Gasteiger partial charge in [-0.25, -0.2) is 0 Å². The highest BCUT2D eigenvalue weighted by Gasteiger charge is 2.39. The van der Waals surface area contributed by atoms with E-state index in [1.54, 1.807) is 38.1 Å². The lowest BCUT2D eigenvalue weighted by Gasteiger charge is -2.29. The van der Waals surface area contributed by atoms with E-state index >= 15 is 0 Å². The molecule has 3 rings (SSSR count). The van der Waals surface area contributed by atoms with E-state index in [9.17, 15) is 24.3 Å². The van der Waals surface area contributed by atoms with Crippen LogP contribution in [0.2, 0.25) is 0 Å². The molecule has 1 unspecified atom stereocenters. The Kier molecular flexibility index (Phi) is 7.84. The molecule has 1 aromatic heterocycles. The smallest absolute Gasteiger partial charge is 0.316 e. The van der Waals surface area contributed by atoms with Gasteiger partial charge >= 0.3 is 18.7 Å². The zero-order valence-electron chi connectivity index (χ0n) is 18.9. The summed E-state index contributed by atoms with van der Waals surface area (Å²) in [6, 6.07) is 7.77. The van der Waals surface area contributed by atoms with Crippen LogP contribution in [0, 0.1) is 10.1 Å². The Morgan fingerprint density at radius 2 is 1.73 bits per heavy atom. The highest BCUT2D eigenvalue weighted by Crippen LogP contribution is 2.61. The SMILES string of the molecule is CCCCCC(n1c(=O)c(=O)[nH]c2cc([N+](=O)[O-])c3ccccc3c21)P(=O)(OCC)OCC. The van der Waals surface area contributed by atoms with E-state index in [-0.39, 0.29) is 36.4 Å². The largest absolute Gasteiger partial charge is 0.353 e. The van der Waals surface area contributed by atoms with Gasteiger partial charge < -0.3 is 14.0 Å². The van der Waals surface area contributed by atoms with Crippen molar-refractivity contribution >= 4 is 35.1 Å². The maximum Gasteiger partial charge on any atom is 0.353 e. The summed E-state index contributed by atoms with van der Waals surface area (Å²) in [5.41, 5.74) is -1.74. The van der Waals surface area contributed by atoms with Crippen molar-refractivity contribution in [3.05, 3.63) is 61.2 Å². The standard InChI is InChI=1S/C22H28N3O7P/c1-4-7-8-13-19(33(30,31-5-2)32-6-3)24-20-16-12-10-9-11-15(16)18(25(28)29)14-17(20)23-21(26)22(24)27/h9-12,14,19H,4-8,13H2,1-3H3,(H,23,26). The van der Waals surface area contributed by atoms with Crippen molar-refractivity contribution in [1.82, 2.24) is 9.55 Å². The molecule has 0 saturated heterocycles. The number of H-pyrrole nitrogens is 1. The molecule has 178 valence electrons. The average molecular weight is 477 g/mol. The Morgan fingerprint density at radius 3 is 2.30 bits per heavy atom. The van der Waals surface area contributed by atoms with E-state index in [0.717, 1.165) is 12.8 Å². The number of benzene rings is 2. The fraction of sp³-hybridized carbons (Fsp3) is 0.455. The van der Waals surface area contributed by atoms with E-state index in [1.165, 1.54) is 10.6 Å². The molecule has 0 aliphatic rings. The quantitative estimate of drug-likeness (QED) is 0.101. The van der Waals surface area contributed by atoms with E-state index in [2.05, 4.69) is 4.98 Å². The van der Waals surface area contributed by atoms with Crippen LogP contribution in [0.25, 0.3) is 21.8 Å². The molecule has 0 saturated carbocycles. The molecule has 0 bridgehead atoms. The molecule has 1 heterocycles. The van der Waals surface area contributed by atoms with Gasteiger partial charge in [-0.2, -0.15) is 0 Å². The lowest BCUT2D eigenvalue weighted by molar-refractivity contribution is -0.382. The normalized spacial score (nSPS) is 12.9. The van der Waals surface area contributed by atoms with Gasteiger partial charge in [0.1, 0.15) is 5.78 Å². The van der Waals surface area contributed by atoms with E-state index in [4.69, 9.17) is 9.05 Å². The molecule has 0 spiro atoms. The molecule has 0 aliphatic heterocycles. The van der Waals surface area contributed by atoms with Gasteiger partial charge in [-0.3, -0.25) is 28.8 Å². The Hall–Kier alpha value is -2.81. The summed E-state index contributed by atoms with van der Waals surface area (Å²) in [6.07, 6.45) is 2.60. The molecule has 3 aromatic rings. The summed E-state index contributed by atoms with van der Waals surface area (Å²) in [7, 11) is -3.88. The van der Waals surface area contributed by atoms with E-state index in [0.29, 0.717) is 17.2 Å². The first kappa shape index (κ1) is 24.8. The maximum absolute atomic E-state index is 13.9. The Labute approximate surface area is 190 Å². The summed E-state index contributed by atoms with van der Waals surface area (Å²) in [4.78, 5) is 39.5. The number of nitrogens with zero attached hydrogens (tertiary/aromatic N) is 2. The molecule has 0 amide bonds. The summed E-state index contributed by atoms with van der Waals surface area (Å²) >= 11 is 0. The molecule has 33 heavy (non-hydrogen) atoms. The number of aromatic amines is 1. The third-order valence-electron chi connectivity index (χ3n) is 5.44. The molecule has 1 atom stereocenters. The molecule has 2 aromatic carbocycles. The van der Waals surface area contributed by atoms with Gasteiger partial charge in [0.2, 0.25) is 0 Å². The Balaban J connectivity index is 2.48. The van der Waals surface area contributed by atoms with Crippen molar-refractivity contribution in [3.63, 3.8) is 0 Å². The lowest BCUT2D eigenvalue weighted by atomic mass is 10.1. The molecular formula is C22H28N3O7P. The first-order chi connectivity index (χ1) is 15.8. The predicted octanol–water partition coefficient (Wildman–Crippen LogP) is 5.10. The van der Waals surface area contributed by atoms with Crippen LogP contribution in [0.1, 0.15) is 52.2 Å². The number of hydrogen-bond acceptors (Lipinski definition) is 7. The summed E-state index contributed by atoms with van der Waals surface area (Å²) in [6.45, 7) is 5.53. The van der Waals surface area contributed by atoms with Crippen LogP contribution in [-0.4, -0.2) is 27.7 Å². The molecule has 0 aliphatic carbocycles. The maximum atomic E-state index is 13.9. The number of hydrogen-bond donors (Lipinski definition) is 1. The van der Waals surface area contributed by atoms with Crippen molar-refractivity contribution in [2.45, 2.75) is 52.2 Å². The minimum Gasteiger partial charge on any atom is -0.316 e. The van der Waals surface area contributed by atoms with Crippen molar-refractivity contribution < 1.29 is 18.5 Å². The number of aromatic nitrogens is 2. The number of unbranched alkanes of at least 4 members (excludes halogenated alkanes) is 2. The van der Waals surface area contributed by atoms with Crippen LogP contribution in [0.4, 0.5) is 5.69 Å². The van der Waals surface area contributed by atoms with Crippen molar-refractivity contribution in [3.8, 4) is 0 Å². The monoisotopic (exact) mass is 477 g/mol. The lowest BCUT2D eigenvalue weighted by Crippen LogP contribution is -2.39. The number of nitrogens with one attached hydrogen (secondary N) is 1. The second-order valence-corrected chi connectivity index (χ2v) is 9.77. The van der Waals surface area contributed by atoms with E-state index in [1.807, 2.05) is 6.92 Å². The highest BCUT2D eigenvalue weighted by molar-refractivity contribution is 7.54. The molecule has 0 fully saturated rings. The third kappa shape index (κ3) is 4.78. The average Bonchev–Trinajstić information content (AvgIpc) is 2.78. The van der Waals surface area contributed by atoms with Gasteiger partial charge in [0.25, 0.3) is 5.69 Å². The number of non-ortho nitro benzene ring substituents is 1. The zero-order valence-corrected chi connectivity index (χ0v) is 19.8. The minimum atomic E-state index is -3.88. The summed E-state index contributed by atoms with van der Waals surface area (Å²) in [5.74, 6) is -1.06. The number of nitro benzene ring substituents is 1. The van der Waals surface area contributed by atoms with Crippen LogP contribution in [0.15, 0.2) is 39.9 Å². The van der Waals surface area contributed by atoms with Crippen LogP contribution >= 0.6 is 7.60 Å². The molecule has 10 nitrogen and oxygen atoms in total. The number of fused-ring (bicyclic) bond motifs is 3. The van der Waals surface area contributed by atoms with Gasteiger partial charge in [0, 0.05) is 11.5 Å². The van der Waals surface area contributed by atoms with Gasteiger partial charge in [0.15, 0.2) is 0 Å². The predicted molar refractivity (Wildman–Crippen MR) is 127 cm³/mol. The van der Waals surface area contributed by atoms with Gasteiger partial charge in [-0.05, 0) is 26.3 Å². The molecule has 1 N–H and O–H groups in total. The topological polar surface area (TPSA) is 134 Å². The summed E-state index contributed by atoms with van der Waals surface area (Å²) in [5, 5.41) is 12.4. The summed E-state index contributed by atoms with van der Waals surface area (Å²) < 4.78 is 26.2. The zero-order chi connectivity index (χ0) is 24.2. The van der Waals surface area contributed by atoms with E-state index < -0.39 is 29.4 Å². The number of nitro groups is 1. The van der Waals surface area contributed by atoms with Crippen molar-refractivity contribution in [2.75, 3.05) is 13.2 Å². The van der Waals surface area contributed by atoms with Crippen LogP contribution in [0.5, 0.6) is 0 Å². The van der Waals surface area contributed by atoms with Crippen LogP contribution in [0.3, 0.4) is 0 Å². The number of rotatable bonds is 11. The van der Waals surface area contributed by atoms with Crippen LogP contribution < -0.4 is 11.1 Å². The van der Waals surface area contributed by atoms with Crippen molar-refractivity contribution in [2.24, 2.45) is 0 Å². The third-order valence-corrected chi connectivity index (χ3v) is 7.90. The Morgan fingerprint density at radius 1 is 1.09 bits per heavy atom. The first-order valence-electron chi connectivity index (χ1n) is 11.0. The highest BCUT2D eigenvalue weighted by atomic mass is 31.2. The fourth-order valence-electron chi connectivity index (χ4n) is 4.09. The molecular weight excluding hydrogens is 449 g/mol. The van der Waals surface area contributed by atoms with Gasteiger partial charge in [-0.15, -0.1) is 0 Å². The van der Waals surface area contributed by atoms with Crippen molar-refractivity contribution in [1.29, 1.82) is 0 Å². The fourth-order valence-corrected chi connectivity index (χ4v) is 6.23. The minimum absolute atomic E-state index is 0.0870. The Bertz CT molecular complexity index is 1320. The second kappa shape index (κ2) is 10.4. The first-order valence-corrected chi connectivity index (χ1v) is 12.6.